The minimum atomic E-state index is -3.66. The lowest BCUT2D eigenvalue weighted by Crippen LogP contribution is -2.23. The number of nitrogens with zero attached hydrogens (tertiary/aromatic N) is 2. The standard InChI is InChI=1S/C22H25N3O5S2/c1-3-30-12-11-25-19-10-9-18(23-16(2)26)13-20(19)31-22(25)24-21(27)15-32(28,29)14-17-7-5-4-6-8-17/h4-10,13H,3,11-12,14-15H2,1-2H3,(H,23,26). The van der Waals surface area contributed by atoms with Crippen LogP contribution in [0.15, 0.2) is 53.5 Å². The van der Waals surface area contributed by atoms with Gasteiger partial charge in [0.25, 0.3) is 5.91 Å². The molecule has 2 aromatic carbocycles. The summed E-state index contributed by atoms with van der Waals surface area (Å²) in [4.78, 5) is 28.4. The number of benzene rings is 2. The fourth-order valence-corrected chi connectivity index (χ4v) is 5.52. The number of amides is 2. The topological polar surface area (TPSA) is 107 Å². The molecule has 0 radical (unpaired) electrons. The van der Waals surface area contributed by atoms with E-state index in [1.807, 2.05) is 17.6 Å². The number of anilines is 1. The Labute approximate surface area is 190 Å². The largest absolute Gasteiger partial charge is 0.380 e. The van der Waals surface area contributed by atoms with Gasteiger partial charge in [0.2, 0.25) is 5.91 Å². The summed E-state index contributed by atoms with van der Waals surface area (Å²) >= 11 is 1.26. The lowest BCUT2D eigenvalue weighted by molar-refractivity contribution is -0.116. The van der Waals surface area contributed by atoms with E-state index in [4.69, 9.17) is 4.74 Å². The van der Waals surface area contributed by atoms with E-state index < -0.39 is 21.5 Å². The lowest BCUT2D eigenvalue weighted by Gasteiger charge is -2.06. The van der Waals surface area contributed by atoms with Crippen molar-refractivity contribution in [3.8, 4) is 0 Å². The van der Waals surface area contributed by atoms with Crippen molar-refractivity contribution in [2.75, 3.05) is 24.3 Å². The van der Waals surface area contributed by atoms with Gasteiger partial charge in [0, 0.05) is 25.8 Å². The van der Waals surface area contributed by atoms with Crippen LogP contribution in [0.4, 0.5) is 5.69 Å². The molecule has 0 atom stereocenters. The van der Waals surface area contributed by atoms with E-state index >= 15 is 0 Å². The number of hydrogen-bond acceptors (Lipinski definition) is 6. The molecule has 0 bridgehead atoms. The van der Waals surface area contributed by atoms with Crippen LogP contribution >= 0.6 is 11.3 Å². The average Bonchev–Trinajstić information content (AvgIpc) is 3.03. The zero-order valence-corrected chi connectivity index (χ0v) is 19.5. The van der Waals surface area contributed by atoms with E-state index in [9.17, 15) is 18.0 Å². The highest BCUT2D eigenvalue weighted by molar-refractivity contribution is 7.91. The predicted octanol–water partition coefficient (Wildman–Crippen LogP) is 2.74. The second-order valence-electron chi connectivity index (χ2n) is 7.12. The molecule has 1 aromatic heterocycles. The maximum atomic E-state index is 12.5. The number of rotatable bonds is 9. The first-order chi connectivity index (χ1) is 15.3. The number of fused-ring (bicyclic) bond motifs is 1. The first kappa shape index (κ1) is 23.8. The van der Waals surface area contributed by atoms with E-state index in [2.05, 4.69) is 10.3 Å². The van der Waals surface area contributed by atoms with Crippen molar-refractivity contribution >= 4 is 48.9 Å². The summed E-state index contributed by atoms with van der Waals surface area (Å²) in [6, 6.07) is 14.1. The maximum absolute atomic E-state index is 12.5. The number of sulfone groups is 1. The van der Waals surface area contributed by atoms with Crippen LogP contribution in [0.2, 0.25) is 0 Å². The van der Waals surface area contributed by atoms with Gasteiger partial charge in [-0.15, -0.1) is 0 Å². The molecule has 170 valence electrons. The van der Waals surface area contributed by atoms with Crippen LogP contribution < -0.4 is 10.1 Å². The molecule has 0 spiro atoms. The van der Waals surface area contributed by atoms with Crippen LogP contribution in [0.3, 0.4) is 0 Å². The first-order valence-corrected chi connectivity index (χ1v) is 12.7. The number of carbonyl (C=O) groups excluding carboxylic acids is 2. The molecule has 0 aliphatic heterocycles. The molecule has 1 N–H and O–H groups in total. The summed E-state index contributed by atoms with van der Waals surface area (Å²) in [6.45, 7) is 4.75. The summed E-state index contributed by atoms with van der Waals surface area (Å²) < 4.78 is 33.0. The number of ether oxygens (including phenoxy) is 1. The Bertz CT molecular complexity index is 1280. The Morgan fingerprint density at radius 3 is 2.59 bits per heavy atom. The summed E-state index contributed by atoms with van der Waals surface area (Å²) in [5.74, 6) is -1.79. The molecule has 0 aliphatic rings. The lowest BCUT2D eigenvalue weighted by atomic mass is 10.2. The summed E-state index contributed by atoms with van der Waals surface area (Å²) in [7, 11) is -3.66. The fourth-order valence-electron chi connectivity index (χ4n) is 3.16. The summed E-state index contributed by atoms with van der Waals surface area (Å²) in [5, 5.41) is 2.73. The number of hydrogen-bond donors (Lipinski definition) is 1. The fraction of sp³-hybridized carbons (Fsp3) is 0.318. The normalized spacial score (nSPS) is 12.2. The van der Waals surface area contributed by atoms with Gasteiger partial charge in [-0.3, -0.25) is 9.59 Å². The molecule has 8 nitrogen and oxygen atoms in total. The highest BCUT2D eigenvalue weighted by Gasteiger charge is 2.18. The number of aromatic nitrogens is 1. The van der Waals surface area contributed by atoms with Crippen LogP contribution in [-0.2, 0) is 36.5 Å². The van der Waals surface area contributed by atoms with Crippen molar-refractivity contribution < 1.29 is 22.7 Å². The van der Waals surface area contributed by atoms with Crippen LogP contribution in [0.1, 0.15) is 19.4 Å². The van der Waals surface area contributed by atoms with Gasteiger partial charge in [0.15, 0.2) is 14.6 Å². The zero-order chi connectivity index (χ0) is 23.1. The van der Waals surface area contributed by atoms with Crippen molar-refractivity contribution in [2.45, 2.75) is 26.1 Å². The molecule has 0 saturated heterocycles. The van der Waals surface area contributed by atoms with Gasteiger partial charge in [-0.2, -0.15) is 4.99 Å². The van der Waals surface area contributed by atoms with E-state index in [0.717, 1.165) is 10.2 Å². The highest BCUT2D eigenvalue weighted by Crippen LogP contribution is 2.22. The third-order valence-electron chi connectivity index (χ3n) is 4.46. The molecule has 0 aliphatic carbocycles. The van der Waals surface area contributed by atoms with Gasteiger partial charge in [-0.05, 0) is 30.7 Å². The van der Waals surface area contributed by atoms with Gasteiger partial charge in [0.05, 0.1) is 22.6 Å². The van der Waals surface area contributed by atoms with Crippen LogP contribution in [0.25, 0.3) is 10.2 Å². The van der Waals surface area contributed by atoms with E-state index in [1.54, 1.807) is 42.5 Å². The molecule has 10 heteroatoms. The Morgan fingerprint density at radius 1 is 1.16 bits per heavy atom. The first-order valence-electron chi connectivity index (χ1n) is 10.1. The second-order valence-corrected chi connectivity index (χ2v) is 10.2. The molecule has 1 heterocycles. The van der Waals surface area contributed by atoms with Gasteiger partial charge < -0.3 is 14.6 Å². The predicted molar refractivity (Wildman–Crippen MR) is 125 cm³/mol. The smallest absolute Gasteiger partial charge is 0.263 e. The molecular weight excluding hydrogens is 450 g/mol. The highest BCUT2D eigenvalue weighted by atomic mass is 32.2. The van der Waals surface area contributed by atoms with E-state index in [0.29, 0.717) is 35.8 Å². The quantitative estimate of drug-likeness (QED) is 0.479. The molecule has 0 fully saturated rings. The van der Waals surface area contributed by atoms with Gasteiger partial charge in [-0.1, -0.05) is 41.7 Å². The molecule has 32 heavy (non-hydrogen) atoms. The number of carbonyl (C=O) groups is 2. The Kier molecular flexibility index (Phi) is 7.94. The van der Waals surface area contributed by atoms with Crippen LogP contribution in [0.5, 0.6) is 0 Å². The van der Waals surface area contributed by atoms with Crippen LogP contribution in [0, 0.1) is 0 Å². The minimum absolute atomic E-state index is 0.186. The minimum Gasteiger partial charge on any atom is -0.380 e. The van der Waals surface area contributed by atoms with Crippen molar-refractivity contribution in [2.24, 2.45) is 4.99 Å². The molecule has 3 aromatic rings. The Morgan fingerprint density at radius 2 is 1.91 bits per heavy atom. The van der Waals surface area contributed by atoms with Crippen molar-refractivity contribution in [3.05, 3.63) is 58.9 Å². The molecule has 3 rings (SSSR count). The van der Waals surface area contributed by atoms with Crippen molar-refractivity contribution in [1.82, 2.24) is 4.57 Å². The Hall–Kier alpha value is -2.82. The Balaban J connectivity index is 1.90. The van der Waals surface area contributed by atoms with Gasteiger partial charge in [0.1, 0.15) is 5.75 Å². The third kappa shape index (κ3) is 6.59. The molecule has 0 saturated carbocycles. The summed E-state index contributed by atoms with van der Waals surface area (Å²) in [5.41, 5.74) is 2.08. The second kappa shape index (κ2) is 10.7. The molecular formula is C22H25N3O5S2. The third-order valence-corrected chi connectivity index (χ3v) is 6.96. The van der Waals surface area contributed by atoms with Crippen LogP contribution in [-0.4, -0.2) is 43.8 Å². The average molecular weight is 476 g/mol. The summed E-state index contributed by atoms with van der Waals surface area (Å²) in [6.07, 6.45) is 0. The molecule has 2 amide bonds. The SMILES string of the molecule is CCOCCn1c(=NC(=O)CS(=O)(=O)Cc2ccccc2)sc2cc(NC(C)=O)ccc21. The number of nitrogens with one attached hydrogen (secondary N) is 1. The van der Waals surface area contributed by atoms with Gasteiger partial charge >= 0.3 is 0 Å². The maximum Gasteiger partial charge on any atom is 0.263 e. The van der Waals surface area contributed by atoms with E-state index in [-0.39, 0.29) is 11.7 Å². The van der Waals surface area contributed by atoms with Crippen molar-refractivity contribution in [3.63, 3.8) is 0 Å². The number of thiazole rings is 1. The van der Waals surface area contributed by atoms with E-state index in [1.165, 1.54) is 18.3 Å². The molecule has 0 unspecified atom stereocenters. The van der Waals surface area contributed by atoms with Crippen molar-refractivity contribution in [1.29, 1.82) is 0 Å². The zero-order valence-electron chi connectivity index (χ0n) is 17.9. The monoisotopic (exact) mass is 475 g/mol. The van der Waals surface area contributed by atoms with Gasteiger partial charge in [-0.25, -0.2) is 8.42 Å².